The fraction of sp³-hybridized carbons (Fsp3) is 0.333. The third-order valence-corrected chi connectivity index (χ3v) is 0.565. The maximum atomic E-state index is 10.3. The van der Waals surface area contributed by atoms with E-state index in [0.29, 0.717) is 0 Å². The van der Waals surface area contributed by atoms with Gasteiger partial charge in [0.1, 0.15) is 0 Å². The molecule has 0 saturated heterocycles. The number of hydrogen-bond donors (Lipinski definition) is 0. The zero-order chi connectivity index (χ0) is 7.28. The van der Waals surface area contributed by atoms with E-state index in [9.17, 15) is 10.2 Å². The second-order valence-electron chi connectivity index (χ2n) is 1.36. The summed E-state index contributed by atoms with van der Waals surface area (Å²) in [7, 11) is 0. The van der Waals surface area contributed by atoms with Gasteiger partial charge in [-0.25, -0.2) is 0 Å². The molecule has 0 aliphatic rings. The van der Waals surface area contributed by atoms with Crippen molar-refractivity contribution in [1.82, 2.24) is 0 Å². The van der Waals surface area contributed by atoms with Gasteiger partial charge in [0.05, 0.1) is 5.95 Å². The van der Waals surface area contributed by atoms with Crippen LogP contribution in [0.25, 0.3) is 0 Å². The molecule has 0 aromatic rings. The van der Waals surface area contributed by atoms with Crippen molar-refractivity contribution in [3.63, 3.8) is 0 Å². The van der Waals surface area contributed by atoms with Gasteiger partial charge in [-0.1, -0.05) is 6.92 Å². The second-order valence-corrected chi connectivity index (χ2v) is 1.36. The first kappa shape index (κ1) is 17.8. The molecule has 0 amide bonds. The minimum absolute atomic E-state index is 0. The molecule has 0 aliphatic heterocycles. The predicted octanol–water partition coefficient (Wildman–Crippen LogP) is -6.89. The molecule has 0 aromatic carbocycles. The van der Waals surface area contributed by atoms with Crippen molar-refractivity contribution in [2.45, 2.75) is 6.92 Å². The van der Waals surface area contributed by atoms with E-state index in [-0.39, 0.29) is 65.7 Å². The zero-order valence-electron chi connectivity index (χ0n) is 7.22. The number of allylic oxidation sites excluding steroid dienone is 1. The maximum absolute atomic E-state index is 10.3. The minimum Gasteiger partial charge on any atom is -0.873 e. The molecule has 0 atom stereocenters. The molecule has 0 radical (unpaired) electrons. The van der Waals surface area contributed by atoms with E-state index in [4.69, 9.17) is 0 Å². The SMILES string of the molecule is C=C([O-])/C=C(\[O-])OCC.[Na+].[Na+]. The van der Waals surface area contributed by atoms with Crippen molar-refractivity contribution in [3.8, 4) is 0 Å². The summed E-state index contributed by atoms with van der Waals surface area (Å²) in [5.41, 5.74) is 0. The Kier molecular flexibility index (Phi) is 17.6. The normalized spacial score (nSPS) is 9.00. The molecule has 0 rings (SSSR count). The van der Waals surface area contributed by atoms with Gasteiger partial charge in [-0.3, -0.25) is 0 Å². The quantitative estimate of drug-likeness (QED) is 0.243. The van der Waals surface area contributed by atoms with Gasteiger partial charge in [0, 0.05) is 0 Å². The second kappa shape index (κ2) is 10.9. The van der Waals surface area contributed by atoms with Gasteiger partial charge in [-0.15, -0.1) is 12.3 Å². The molecule has 52 valence electrons. The van der Waals surface area contributed by atoms with Crippen LogP contribution in [-0.4, -0.2) is 6.61 Å². The van der Waals surface area contributed by atoms with E-state index in [1.807, 2.05) is 0 Å². The minimum atomic E-state index is -0.627. The number of hydrogen-bond acceptors (Lipinski definition) is 3. The monoisotopic (exact) mass is 174 g/mol. The van der Waals surface area contributed by atoms with Crippen molar-refractivity contribution in [3.05, 3.63) is 24.4 Å². The Hall–Kier alpha value is 0.880. The Morgan fingerprint density at radius 2 is 1.91 bits per heavy atom. The van der Waals surface area contributed by atoms with Crippen LogP contribution in [0.4, 0.5) is 0 Å². The summed E-state index contributed by atoms with van der Waals surface area (Å²) in [4.78, 5) is 0. The van der Waals surface area contributed by atoms with Crippen molar-refractivity contribution in [1.29, 1.82) is 0 Å². The average Bonchev–Trinajstić information content (AvgIpc) is 1.63. The van der Waals surface area contributed by atoms with Crippen molar-refractivity contribution < 1.29 is 74.1 Å². The molecule has 0 unspecified atom stereocenters. The van der Waals surface area contributed by atoms with Crippen LogP contribution in [-0.2, 0) is 4.74 Å². The van der Waals surface area contributed by atoms with E-state index in [1.54, 1.807) is 6.92 Å². The summed E-state index contributed by atoms with van der Waals surface area (Å²) in [6, 6.07) is 0. The van der Waals surface area contributed by atoms with Gasteiger partial charge in [0.2, 0.25) is 0 Å². The number of rotatable bonds is 3. The van der Waals surface area contributed by atoms with Gasteiger partial charge in [0.25, 0.3) is 0 Å². The Bertz CT molecular complexity index is 134. The van der Waals surface area contributed by atoms with Gasteiger partial charge in [-0.2, -0.15) is 0 Å². The van der Waals surface area contributed by atoms with Crippen LogP contribution < -0.4 is 69.3 Å². The fourth-order valence-corrected chi connectivity index (χ4v) is 0.315. The van der Waals surface area contributed by atoms with Crippen molar-refractivity contribution >= 4 is 0 Å². The molecule has 0 spiro atoms. The summed E-state index contributed by atoms with van der Waals surface area (Å²) in [5.74, 6) is -1.16. The van der Waals surface area contributed by atoms with Gasteiger partial charge < -0.3 is 14.9 Å². The Morgan fingerprint density at radius 1 is 1.45 bits per heavy atom. The molecule has 0 N–H and O–H groups in total. The summed E-state index contributed by atoms with van der Waals surface area (Å²) in [5, 5.41) is 20.4. The number of ether oxygens (including phenoxy) is 1. The summed E-state index contributed by atoms with van der Waals surface area (Å²) >= 11 is 0. The zero-order valence-corrected chi connectivity index (χ0v) is 11.2. The summed E-state index contributed by atoms with van der Waals surface area (Å²) in [6.07, 6.45) is 0.809. The van der Waals surface area contributed by atoms with Gasteiger partial charge in [0.15, 0.2) is 0 Å². The molecular weight excluding hydrogens is 166 g/mol. The maximum Gasteiger partial charge on any atom is 1.00 e. The van der Waals surface area contributed by atoms with E-state index in [2.05, 4.69) is 11.3 Å². The molecule has 0 saturated carbocycles. The fourth-order valence-electron chi connectivity index (χ4n) is 0.315. The molecule has 3 nitrogen and oxygen atoms in total. The van der Waals surface area contributed by atoms with Gasteiger partial charge >= 0.3 is 59.1 Å². The molecular formula is C6H8Na2O3. The van der Waals surface area contributed by atoms with Crippen molar-refractivity contribution in [2.24, 2.45) is 0 Å². The summed E-state index contributed by atoms with van der Waals surface area (Å²) < 4.78 is 4.40. The third-order valence-electron chi connectivity index (χ3n) is 0.565. The molecule has 0 heterocycles. The molecule has 5 heteroatoms. The van der Waals surface area contributed by atoms with Crippen LogP contribution in [0, 0.1) is 0 Å². The molecule has 0 bridgehead atoms. The smallest absolute Gasteiger partial charge is 0.873 e. The first-order valence-corrected chi connectivity index (χ1v) is 2.54. The molecule has 11 heavy (non-hydrogen) atoms. The van der Waals surface area contributed by atoms with E-state index >= 15 is 0 Å². The van der Waals surface area contributed by atoms with E-state index in [1.165, 1.54) is 0 Å². The first-order chi connectivity index (χ1) is 4.16. The molecule has 0 aromatic heterocycles. The summed E-state index contributed by atoms with van der Waals surface area (Å²) in [6.45, 7) is 4.91. The Labute approximate surface area is 111 Å². The predicted molar refractivity (Wildman–Crippen MR) is 28.8 cm³/mol. The van der Waals surface area contributed by atoms with Crippen LogP contribution in [0.1, 0.15) is 6.92 Å². The van der Waals surface area contributed by atoms with Crippen LogP contribution >= 0.6 is 0 Å². The third kappa shape index (κ3) is 13.8. The van der Waals surface area contributed by atoms with E-state index < -0.39 is 11.7 Å². The average molecular weight is 174 g/mol. The standard InChI is InChI=1S/C6H10O3.2Na/c1-3-9-6(8)4-5(2)7;;/h4,7-8H,2-3H2,1H3;;/q;2*+1/p-2/b6-4+;;. The Morgan fingerprint density at radius 3 is 2.18 bits per heavy atom. The van der Waals surface area contributed by atoms with Crippen molar-refractivity contribution in [2.75, 3.05) is 6.61 Å². The first-order valence-electron chi connectivity index (χ1n) is 2.54. The van der Waals surface area contributed by atoms with Crippen LogP contribution in [0.15, 0.2) is 24.4 Å². The van der Waals surface area contributed by atoms with Gasteiger partial charge in [-0.05, 0) is 12.7 Å². The Balaban J connectivity index is -0.000000320. The topological polar surface area (TPSA) is 55.3 Å². The van der Waals surface area contributed by atoms with Crippen LogP contribution in [0.5, 0.6) is 0 Å². The van der Waals surface area contributed by atoms with Crippen LogP contribution in [0.2, 0.25) is 0 Å². The van der Waals surface area contributed by atoms with Crippen LogP contribution in [0.3, 0.4) is 0 Å². The molecule has 0 fully saturated rings. The largest absolute Gasteiger partial charge is 1.00 e. The molecule has 0 aliphatic carbocycles. The van der Waals surface area contributed by atoms with E-state index in [0.717, 1.165) is 6.08 Å².